The highest BCUT2D eigenvalue weighted by molar-refractivity contribution is 7.89. The van der Waals surface area contributed by atoms with Crippen molar-refractivity contribution in [2.75, 3.05) is 13.1 Å². The molecule has 1 saturated carbocycles. The van der Waals surface area contributed by atoms with E-state index in [9.17, 15) is 8.42 Å². The van der Waals surface area contributed by atoms with E-state index < -0.39 is 10.0 Å². The number of hydrogen-bond donors (Lipinski definition) is 2. The molecule has 0 aromatic carbocycles. The number of nitrogens with two attached hydrogens (primary N) is 1. The van der Waals surface area contributed by atoms with Gasteiger partial charge < -0.3 is 10.7 Å². The highest BCUT2D eigenvalue weighted by atomic mass is 32.2. The summed E-state index contributed by atoms with van der Waals surface area (Å²) >= 11 is 0. The average molecular weight is 284 g/mol. The van der Waals surface area contributed by atoms with Crippen molar-refractivity contribution in [3.8, 4) is 0 Å². The minimum Gasteiger partial charge on any atom is -0.332 e. The lowest BCUT2D eigenvalue weighted by atomic mass is 9.78. The number of rotatable bonds is 2. The highest BCUT2D eigenvalue weighted by Gasteiger charge is 2.43. The maximum absolute atomic E-state index is 12.5. The van der Waals surface area contributed by atoms with Crippen molar-refractivity contribution >= 4 is 10.0 Å². The summed E-state index contributed by atoms with van der Waals surface area (Å²) in [6.45, 7) is 2.89. The second-order valence-electron chi connectivity index (χ2n) is 5.67. The molecule has 1 aliphatic heterocycles. The van der Waals surface area contributed by atoms with Crippen molar-refractivity contribution in [3.05, 3.63) is 12.0 Å². The maximum Gasteiger partial charge on any atom is 0.260 e. The van der Waals surface area contributed by atoms with Gasteiger partial charge in [-0.15, -0.1) is 0 Å². The van der Waals surface area contributed by atoms with Gasteiger partial charge >= 0.3 is 0 Å². The van der Waals surface area contributed by atoms with Gasteiger partial charge in [0.15, 0.2) is 5.03 Å². The van der Waals surface area contributed by atoms with Gasteiger partial charge in [0, 0.05) is 19.1 Å². The van der Waals surface area contributed by atoms with E-state index >= 15 is 0 Å². The Labute approximate surface area is 113 Å². The zero-order chi connectivity index (χ0) is 13.6. The van der Waals surface area contributed by atoms with Crippen molar-refractivity contribution < 1.29 is 8.42 Å². The lowest BCUT2D eigenvalue weighted by Crippen LogP contribution is -2.38. The Kier molecular flexibility index (Phi) is 3.15. The van der Waals surface area contributed by atoms with Crippen LogP contribution >= 0.6 is 0 Å². The van der Waals surface area contributed by atoms with Crippen LogP contribution in [0.5, 0.6) is 0 Å². The Morgan fingerprint density at radius 1 is 1.42 bits per heavy atom. The molecule has 3 rings (SSSR count). The highest BCUT2D eigenvalue weighted by Crippen LogP contribution is 2.37. The molecule has 0 spiro atoms. The van der Waals surface area contributed by atoms with E-state index in [1.165, 1.54) is 6.20 Å². The van der Waals surface area contributed by atoms with Crippen molar-refractivity contribution in [2.45, 2.75) is 37.3 Å². The zero-order valence-electron chi connectivity index (χ0n) is 11.0. The molecule has 0 bridgehead atoms. The summed E-state index contributed by atoms with van der Waals surface area (Å²) in [5.74, 6) is 1.35. The summed E-state index contributed by atoms with van der Waals surface area (Å²) in [7, 11) is -3.44. The van der Waals surface area contributed by atoms with E-state index in [2.05, 4.69) is 9.97 Å². The van der Waals surface area contributed by atoms with Gasteiger partial charge in [-0.2, -0.15) is 4.31 Å². The second-order valence-corrected chi connectivity index (χ2v) is 7.58. The molecule has 0 amide bonds. The Morgan fingerprint density at radius 2 is 2.21 bits per heavy atom. The number of aromatic amines is 1. The van der Waals surface area contributed by atoms with Gasteiger partial charge in [-0.1, -0.05) is 6.42 Å². The van der Waals surface area contributed by atoms with Gasteiger partial charge in [0.2, 0.25) is 0 Å². The number of fused-ring (bicyclic) bond motifs is 1. The van der Waals surface area contributed by atoms with Crippen molar-refractivity contribution in [3.63, 3.8) is 0 Å². The van der Waals surface area contributed by atoms with Gasteiger partial charge in [-0.05, 0) is 31.6 Å². The van der Waals surface area contributed by atoms with Crippen molar-refractivity contribution in [1.82, 2.24) is 14.3 Å². The largest absolute Gasteiger partial charge is 0.332 e. The van der Waals surface area contributed by atoms with Crippen LogP contribution in [0.1, 0.15) is 25.1 Å². The van der Waals surface area contributed by atoms with Crippen LogP contribution in [0, 0.1) is 18.8 Å². The fourth-order valence-corrected chi connectivity index (χ4v) is 4.84. The van der Waals surface area contributed by atoms with Gasteiger partial charge in [0.1, 0.15) is 5.82 Å². The number of sulfonamides is 1. The van der Waals surface area contributed by atoms with Crippen LogP contribution in [-0.4, -0.2) is 41.8 Å². The second kappa shape index (κ2) is 4.57. The maximum atomic E-state index is 12.5. The van der Waals surface area contributed by atoms with E-state index in [0.717, 1.165) is 19.3 Å². The SMILES string of the molecule is Cc1ncc(S(=O)(=O)N2CC3CCCC(N)C3C2)[nH]1. The molecule has 2 fully saturated rings. The standard InChI is InChI=1S/C12H20N4O2S/c1-8-14-5-12(15-8)19(17,18)16-6-9-3-2-4-11(13)10(9)7-16/h5,9-11H,2-4,6-7,13H2,1H3,(H,14,15). The summed E-state index contributed by atoms with van der Waals surface area (Å²) in [5, 5.41) is 0.192. The zero-order valence-corrected chi connectivity index (χ0v) is 11.9. The van der Waals surface area contributed by atoms with Crippen LogP contribution in [-0.2, 0) is 10.0 Å². The minimum atomic E-state index is -3.44. The molecule has 6 nitrogen and oxygen atoms in total. The molecule has 7 heteroatoms. The molecule has 2 heterocycles. The Hall–Kier alpha value is -0.920. The first-order valence-electron chi connectivity index (χ1n) is 6.76. The number of aromatic nitrogens is 2. The molecular weight excluding hydrogens is 264 g/mol. The molecule has 3 N–H and O–H groups in total. The first-order valence-corrected chi connectivity index (χ1v) is 8.20. The number of nitrogens with one attached hydrogen (secondary N) is 1. The van der Waals surface area contributed by atoms with Crippen LogP contribution < -0.4 is 5.73 Å². The summed E-state index contributed by atoms with van der Waals surface area (Å²) < 4.78 is 26.6. The number of aryl methyl sites for hydroxylation is 1. The van der Waals surface area contributed by atoms with E-state index in [0.29, 0.717) is 30.7 Å². The van der Waals surface area contributed by atoms with E-state index in [4.69, 9.17) is 5.73 Å². The van der Waals surface area contributed by atoms with Crippen LogP contribution in [0.15, 0.2) is 11.2 Å². The predicted molar refractivity (Wildman–Crippen MR) is 70.9 cm³/mol. The molecular formula is C12H20N4O2S. The van der Waals surface area contributed by atoms with Crippen molar-refractivity contribution in [1.29, 1.82) is 0 Å². The molecule has 1 aliphatic carbocycles. The lowest BCUT2D eigenvalue weighted by Gasteiger charge is -2.29. The van der Waals surface area contributed by atoms with Crippen LogP contribution in [0.3, 0.4) is 0 Å². The minimum absolute atomic E-state index is 0.141. The first kappa shape index (κ1) is 13.1. The molecule has 3 atom stereocenters. The first-order chi connectivity index (χ1) is 8.98. The topological polar surface area (TPSA) is 92.1 Å². The van der Waals surface area contributed by atoms with Crippen molar-refractivity contribution in [2.24, 2.45) is 17.6 Å². The molecule has 2 aliphatic rings. The van der Waals surface area contributed by atoms with E-state index in [1.54, 1.807) is 11.2 Å². The summed E-state index contributed by atoms with van der Waals surface area (Å²) in [5.41, 5.74) is 6.13. The van der Waals surface area contributed by atoms with Gasteiger partial charge in [0.25, 0.3) is 10.0 Å². The third kappa shape index (κ3) is 2.19. The van der Waals surface area contributed by atoms with Gasteiger partial charge in [-0.3, -0.25) is 0 Å². The monoisotopic (exact) mass is 284 g/mol. The molecule has 1 aromatic rings. The molecule has 0 radical (unpaired) electrons. The van der Waals surface area contributed by atoms with Crippen LogP contribution in [0.2, 0.25) is 0 Å². The molecule has 3 unspecified atom stereocenters. The van der Waals surface area contributed by atoms with Crippen LogP contribution in [0.25, 0.3) is 0 Å². The molecule has 106 valence electrons. The number of hydrogen-bond acceptors (Lipinski definition) is 4. The van der Waals surface area contributed by atoms with Gasteiger partial charge in [0.05, 0.1) is 6.20 Å². The van der Waals surface area contributed by atoms with Gasteiger partial charge in [-0.25, -0.2) is 13.4 Å². The Bertz CT molecular complexity index is 568. The number of H-pyrrole nitrogens is 1. The molecule has 1 aromatic heterocycles. The third-order valence-corrected chi connectivity index (χ3v) is 6.16. The smallest absolute Gasteiger partial charge is 0.260 e. The quantitative estimate of drug-likeness (QED) is 0.825. The number of imidazole rings is 1. The van der Waals surface area contributed by atoms with E-state index in [1.807, 2.05) is 0 Å². The molecule has 19 heavy (non-hydrogen) atoms. The summed E-state index contributed by atoms with van der Waals surface area (Å²) in [6.07, 6.45) is 4.61. The normalized spacial score (nSPS) is 32.4. The third-order valence-electron chi connectivity index (χ3n) is 4.42. The lowest BCUT2D eigenvalue weighted by molar-refractivity contribution is 0.260. The summed E-state index contributed by atoms with van der Waals surface area (Å²) in [4.78, 5) is 6.79. The fraction of sp³-hybridized carbons (Fsp3) is 0.750. The Balaban J connectivity index is 1.84. The summed E-state index contributed by atoms with van der Waals surface area (Å²) in [6, 6.07) is 0.141. The fourth-order valence-electron chi connectivity index (χ4n) is 3.34. The van der Waals surface area contributed by atoms with Crippen LogP contribution in [0.4, 0.5) is 0 Å². The Morgan fingerprint density at radius 3 is 2.84 bits per heavy atom. The molecule has 1 saturated heterocycles. The average Bonchev–Trinajstić information content (AvgIpc) is 2.96. The predicted octanol–water partition coefficient (Wildman–Crippen LogP) is 0.466. The van der Waals surface area contributed by atoms with E-state index in [-0.39, 0.29) is 11.1 Å². The number of nitrogens with zero attached hydrogens (tertiary/aromatic N) is 2.